The van der Waals surface area contributed by atoms with Crippen LogP contribution in [0.25, 0.3) is 0 Å². The predicted molar refractivity (Wildman–Crippen MR) is 161 cm³/mol. The third kappa shape index (κ3) is 4.86. The summed E-state index contributed by atoms with van der Waals surface area (Å²) in [5.74, 6) is -0.499. The molecule has 14 heteroatoms. The first-order chi connectivity index (χ1) is 22.0. The molecule has 0 aromatic rings. The summed E-state index contributed by atoms with van der Waals surface area (Å²) in [6.45, 7) is 9.20. The van der Waals surface area contributed by atoms with E-state index in [2.05, 4.69) is 13.5 Å². The normalized spacial score (nSPS) is 55.5. The van der Waals surface area contributed by atoms with E-state index in [1.807, 2.05) is 6.92 Å². The van der Waals surface area contributed by atoms with Gasteiger partial charge in [-0.15, -0.1) is 0 Å². The molecule has 2 heterocycles. The van der Waals surface area contributed by atoms with E-state index in [1.165, 1.54) is 6.92 Å². The van der Waals surface area contributed by atoms with Crippen LogP contribution in [0.1, 0.15) is 52.9 Å². The lowest BCUT2D eigenvalue weighted by Crippen LogP contribution is -2.83. The van der Waals surface area contributed by atoms with Crippen LogP contribution in [0.2, 0.25) is 0 Å². The van der Waals surface area contributed by atoms with Crippen LogP contribution < -0.4 is 0 Å². The summed E-state index contributed by atoms with van der Waals surface area (Å²) in [5, 5.41) is 118. The average Bonchev–Trinajstić information content (AvgIpc) is 3.53. The molecular weight excluding hydrogens is 620 g/mol. The molecule has 47 heavy (non-hydrogen) atoms. The van der Waals surface area contributed by atoms with Gasteiger partial charge in [0.1, 0.15) is 60.5 Å². The van der Waals surface area contributed by atoms with Gasteiger partial charge in [0.2, 0.25) is 0 Å². The van der Waals surface area contributed by atoms with Crippen LogP contribution in [-0.2, 0) is 14.2 Å². The molecule has 0 aromatic heterocycles. The van der Waals surface area contributed by atoms with Crippen LogP contribution in [-0.4, -0.2) is 148 Å². The maximum absolute atomic E-state index is 11.8. The first-order valence-corrected chi connectivity index (χ1v) is 16.7. The molecule has 0 spiro atoms. The first-order valence-electron chi connectivity index (χ1n) is 16.7. The van der Waals surface area contributed by atoms with Gasteiger partial charge >= 0.3 is 0 Å². The summed E-state index contributed by atoms with van der Waals surface area (Å²) in [4.78, 5) is 0. The van der Waals surface area contributed by atoms with Crippen LogP contribution in [0.4, 0.5) is 0 Å². The number of allylic oxidation sites excluding steroid dienone is 1. The van der Waals surface area contributed by atoms with E-state index < -0.39 is 96.8 Å². The molecule has 0 amide bonds. The molecule has 0 bridgehead atoms. The predicted octanol–water partition coefficient (Wildman–Crippen LogP) is -2.59. The Kier molecular flexibility index (Phi) is 9.25. The number of ether oxygens (including phenoxy) is 3. The maximum Gasteiger partial charge on any atom is 0.187 e. The first kappa shape index (κ1) is 35.6. The molecule has 6 aliphatic rings. The third-order valence-corrected chi connectivity index (χ3v) is 13.4. The second-order valence-corrected chi connectivity index (χ2v) is 15.5. The molecule has 14 nitrogen and oxygen atoms in total. The van der Waals surface area contributed by atoms with Crippen molar-refractivity contribution in [2.75, 3.05) is 13.2 Å². The van der Waals surface area contributed by atoms with Crippen molar-refractivity contribution in [3.05, 3.63) is 23.5 Å². The van der Waals surface area contributed by atoms with Crippen molar-refractivity contribution >= 4 is 0 Å². The van der Waals surface area contributed by atoms with Crippen molar-refractivity contribution in [2.24, 2.45) is 34.5 Å². The van der Waals surface area contributed by atoms with Crippen LogP contribution in [0, 0.1) is 34.5 Å². The SMILES string of the molecule is C=C(CCC1=C(C)C2C(CC3C4C(O)C(O)C5(O)C(O)C(O)C(O)C(O)C5(C)C4CCC32C)O1)COC1OC(CO)C(O)C(O)C1O. The van der Waals surface area contributed by atoms with Crippen molar-refractivity contribution in [1.29, 1.82) is 0 Å². The van der Waals surface area contributed by atoms with Crippen molar-refractivity contribution in [3.8, 4) is 0 Å². The van der Waals surface area contributed by atoms with Crippen LogP contribution in [0.5, 0.6) is 0 Å². The lowest BCUT2D eigenvalue weighted by atomic mass is 9.40. The maximum atomic E-state index is 11.8. The number of aliphatic hydroxyl groups is 11. The Hall–Kier alpha value is -1.24. The lowest BCUT2D eigenvalue weighted by Gasteiger charge is -2.69. The molecule has 1 saturated heterocycles. The highest BCUT2D eigenvalue weighted by atomic mass is 16.7. The Labute approximate surface area is 273 Å². The van der Waals surface area contributed by atoms with E-state index in [0.29, 0.717) is 37.7 Å². The monoisotopic (exact) mass is 672 g/mol. The lowest BCUT2D eigenvalue weighted by molar-refractivity contribution is -0.367. The van der Waals surface area contributed by atoms with Crippen molar-refractivity contribution < 1.29 is 70.4 Å². The van der Waals surface area contributed by atoms with Gasteiger partial charge in [-0.2, -0.15) is 0 Å². The van der Waals surface area contributed by atoms with Crippen LogP contribution >= 0.6 is 0 Å². The minimum Gasteiger partial charge on any atom is -0.494 e. The molecule has 268 valence electrons. The molecule has 0 aromatic carbocycles. The van der Waals surface area contributed by atoms with Gasteiger partial charge in [-0.05, 0) is 61.3 Å². The Morgan fingerprint density at radius 2 is 1.51 bits per heavy atom. The summed E-state index contributed by atoms with van der Waals surface area (Å²) in [6, 6.07) is 0. The fraction of sp³-hybridized carbons (Fsp3) is 0.879. The molecule has 19 atom stereocenters. The smallest absolute Gasteiger partial charge is 0.187 e. The van der Waals surface area contributed by atoms with Crippen molar-refractivity contribution in [3.63, 3.8) is 0 Å². The minimum atomic E-state index is -2.46. The Balaban J connectivity index is 1.15. The van der Waals surface area contributed by atoms with Gasteiger partial charge in [0.15, 0.2) is 6.29 Å². The molecule has 6 rings (SSSR count). The number of hydrogen-bond donors (Lipinski definition) is 11. The number of hydrogen-bond acceptors (Lipinski definition) is 14. The molecule has 11 N–H and O–H groups in total. The molecule has 19 unspecified atom stereocenters. The molecular formula is C33H52O14. The highest BCUT2D eigenvalue weighted by molar-refractivity contribution is 5.30. The fourth-order valence-electron chi connectivity index (χ4n) is 10.8. The number of aliphatic hydroxyl groups excluding tert-OH is 10. The van der Waals surface area contributed by atoms with Gasteiger partial charge in [-0.1, -0.05) is 26.0 Å². The summed E-state index contributed by atoms with van der Waals surface area (Å²) in [6.07, 6.45) is -15.0. The molecule has 4 aliphatic carbocycles. The zero-order valence-corrected chi connectivity index (χ0v) is 27.0. The summed E-state index contributed by atoms with van der Waals surface area (Å²) in [5.41, 5.74) is -2.69. The third-order valence-electron chi connectivity index (χ3n) is 13.4. The molecule has 5 fully saturated rings. The fourth-order valence-corrected chi connectivity index (χ4v) is 10.8. The van der Waals surface area contributed by atoms with E-state index in [1.54, 1.807) is 0 Å². The summed E-state index contributed by atoms with van der Waals surface area (Å²) < 4.78 is 17.5. The van der Waals surface area contributed by atoms with E-state index in [9.17, 15) is 56.2 Å². The molecule has 4 saturated carbocycles. The van der Waals surface area contributed by atoms with Gasteiger partial charge < -0.3 is 70.4 Å². The minimum absolute atomic E-state index is 0.00232. The quantitative estimate of drug-likeness (QED) is 0.124. The van der Waals surface area contributed by atoms with E-state index in [0.717, 1.165) is 11.3 Å². The summed E-state index contributed by atoms with van der Waals surface area (Å²) >= 11 is 0. The Bertz CT molecular complexity index is 1240. The van der Waals surface area contributed by atoms with Crippen LogP contribution in [0.3, 0.4) is 0 Å². The highest BCUT2D eigenvalue weighted by Gasteiger charge is 2.77. The van der Waals surface area contributed by atoms with Gasteiger partial charge in [-0.3, -0.25) is 0 Å². The Morgan fingerprint density at radius 1 is 0.872 bits per heavy atom. The van der Waals surface area contributed by atoms with E-state index in [4.69, 9.17) is 14.2 Å². The zero-order valence-electron chi connectivity index (χ0n) is 27.0. The summed E-state index contributed by atoms with van der Waals surface area (Å²) in [7, 11) is 0. The average molecular weight is 673 g/mol. The number of fused-ring (bicyclic) bond motifs is 7. The van der Waals surface area contributed by atoms with Crippen molar-refractivity contribution in [1.82, 2.24) is 0 Å². The second kappa shape index (κ2) is 12.2. The van der Waals surface area contributed by atoms with Crippen molar-refractivity contribution in [2.45, 2.75) is 132 Å². The zero-order chi connectivity index (χ0) is 34.5. The Morgan fingerprint density at radius 3 is 2.17 bits per heavy atom. The highest BCUT2D eigenvalue weighted by Crippen LogP contribution is 2.70. The van der Waals surface area contributed by atoms with Gasteiger partial charge in [0, 0.05) is 17.8 Å². The second-order valence-electron chi connectivity index (χ2n) is 15.5. The van der Waals surface area contributed by atoms with E-state index in [-0.39, 0.29) is 30.0 Å². The standard InChI is InChI=1S/C33H52O14/c1-12(11-45-30-26(40)23(37)21(35)18(10-34)47-30)5-6-16-13(2)20-17(46-16)9-15-19-14(7-8-31(15,20)3)32(4)27(41)24(38)25(39)29(43)33(32,44)28(42)22(19)36/h14-15,17-30,34-44H,1,5-11H2,2-4H3. The topological polar surface area (TPSA) is 250 Å². The van der Waals surface area contributed by atoms with Gasteiger partial charge in [0.05, 0.1) is 31.2 Å². The van der Waals surface area contributed by atoms with Gasteiger partial charge in [0.25, 0.3) is 0 Å². The molecule has 0 radical (unpaired) electrons. The van der Waals surface area contributed by atoms with Crippen LogP contribution in [0.15, 0.2) is 23.5 Å². The van der Waals surface area contributed by atoms with Gasteiger partial charge in [-0.25, -0.2) is 0 Å². The number of rotatable bonds is 7. The van der Waals surface area contributed by atoms with E-state index >= 15 is 0 Å². The largest absolute Gasteiger partial charge is 0.494 e. The molecule has 2 aliphatic heterocycles.